The van der Waals surface area contributed by atoms with Crippen LogP contribution in [0.25, 0.3) is 10.9 Å². The van der Waals surface area contributed by atoms with Gasteiger partial charge in [-0.1, -0.05) is 12.1 Å². The second-order valence-corrected chi connectivity index (χ2v) is 11.8. The van der Waals surface area contributed by atoms with Crippen LogP contribution in [0.3, 0.4) is 0 Å². The van der Waals surface area contributed by atoms with Crippen molar-refractivity contribution in [3.05, 3.63) is 52.9 Å². The molecule has 11 nitrogen and oxygen atoms in total. The van der Waals surface area contributed by atoms with E-state index in [0.29, 0.717) is 69.8 Å². The van der Waals surface area contributed by atoms with E-state index in [1.54, 1.807) is 6.08 Å². The van der Waals surface area contributed by atoms with E-state index in [1.165, 1.54) is 5.56 Å². The minimum atomic E-state index is 0.00880. The molecular weight excluding hydrogens is 542 g/mol. The molecule has 1 amide bonds. The molecular formula is C32H41N9O2. The third kappa shape index (κ3) is 5.77. The Morgan fingerprint density at radius 2 is 2.02 bits per heavy atom. The lowest BCUT2D eigenvalue weighted by atomic mass is 9.97. The third-order valence-corrected chi connectivity index (χ3v) is 9.10. The Hall–Kier alpha value is -4.14. The summed E-state index contributed by atoms with van der Waals surface area (Å²) in [6.45, 7) is 8.09. The number of hydrogen-bond acceptors (Lipinski definition) is 9. The van der Waals surface area contributed by atoms with Crippen molar-refractivity contribution >= 4 is 28.2 Å². The quantitative estimate of drug-likeness (QED) is 0.385. The molecule has 0 unspecified atom stereocenters. The zero-order chi connectivity index (χ0) is 29.9. The number of benzene rings is 1. The smallest absolute Gasteiger partial charge is 0.246 e. The normalized spacial score (nSPS) is 19.3. The van der Waals surface area contributed by atoms with E-state index in [1.807, 2.05) is 17.2 Å². The van der Waals surface area contributed by atoms with Crippen LogP contribution in [-0.4, -0.2) is 96.4 Å². The lowest BCUT2D eigenvalue weighted by Gasteiger charge is -2.39. The van der Waals surface area contributed by atoms with Gasteiger partial charge in [-0.15, -0.1) is 0 Å². The summed E-state index contributed by atoms with van der Waals surface area (Å²) in [7, 11) is 2.13. The zero-order valence-electron chi connectivity index (χ0n) is 25.2. The van der Waals surface area contributed by atoms with Gasteiger partial charge in [0.25, 0.3) is 0 Å². The predicted molar refractivity (Wildman–Crippen MR) is 167 cm³/mol. The molecule has 2 aromatic heterocycles. The number of nitrogens with one attached hydrogen (secondary N) is 1. The number of carbonyl (C=O) groups is 1. The van der Waals surface area contributed by atoms with Crippen LogP contribution in [0, 0.1) is 18.3 Å². The Kier molecular flexibility index (Phi) is 8.49. The van der Waals surface area contributed by atoms with E-state index < -0.39 is 0 Å². The van der Waals surface area contributed by atoms with Gasteiger partial charge in [-0.05, 0) is 70.5 Å². The number of H-pyrrole nitrogens is 1. The van der Waals surface area contributed by atoms with Crippen molar-refractivity contribution in [2.24, 2.45) is 5.73 Å². The third-order valence-electron chi connectivity index (χ3n) is 9.10. The van der Waals surface area contributed by atoms with Crippen LogP contribution in [0.1, 0.15) is 41.6 Å². The number of nitrogens with two attached hydrogens (primary N) is 1. The van der Waals surface area contributed by atoms with Gasteiger partial charge >= 0.3 is 0 Å². The van der Waals surface area contributed by atoms with Gasteiger partial charge in [0.1, 0.15) is 18.2 Å². The maximum absolute atomic E-state index is 12.7. The Bertz CT molecular complexity index is 1550. The first kappa shape index (κ1) is 29.0. The topological polar surface area (TPSA) is 131 Å². The monoisotopic (exact) mass is 583 g/mol. The molecule has 1 aromatic carbocycles. The van der Waals surface area contributed by atoms with E-state index >= 15 is 0 Å². The number of piperazine rings is 1. The maximum atomic E-state index is 12.7. The number of nitriles is 1. The molecule has 0 bridgehead atoms. The molecule has 2 fully saturated rings. The molecule has 11 heteroatoms. The maximum Gasteiger partial charge on any atom is 0.246 e. The van der Waals surface area contributed by atoms with Crippen molar-refractivity contribution in [2.45, 2.75) is 45.2 Å². The number of amides is 1. The molecule has 6 rings (SSSR count). The zero-order valence-corrected chi connectivity index (χ0v) is 25.2. The first-order valence-corrected chi connectivity index (χ1v) is 15.4. The summed E-state index contributed by atoms with van der Waals surface area (Å²) >= 11 is 0. The second-order valence-electron chi connectivity index (χ2n) is 11.8. The number of aryl methyl sites for hydroxylation is 1. The number of pyridine rings is 1. The average Bonchev–Trinajstić information content (AvgIpc) is 3.67. The molecule has 2 saturated heterocycles. The summed E-state index contributed by atoms with van der Waals surface area (Å²) in [6.07, 6.45) is 9.03. The number of likely N-dealkylation sites (tertiary alicyclic amines) is 1. The van der Waals surface area contributed by atoms with Gasteiger partial charge in [0.05, 0.1) is 35.3 Å². The van der Waals surface area contributed by atoms with Gasteiger partial charge in [0.2, 0.25) is 11.8 Å². The largest absolute Gasteiger partial charge is 0.475 e. The molecule has 5 heterocycles. The van der Waals surface area contributed by atoms with E-state index in [9.17, 15) is 10.1 Å². The number of carbonyl (C=O) groups excluding carboxylic acids is 1. The van der Waals surface area contributed by atoms with Crippen LogP contribution < -0.4 is 20.3 Å². The summed E-state index contributed by atoms with van der Waals surface area (Å²) in [5.41, 5.74) is 12.4. The van der Waals surface area contributed by atoms with Crippen molar-refractivity contribution in [3.63, 3.8) is 0 Å². The van der Waals surface area contributed by atoms with Crippen LogP contribution in [0.4, 0.5) is 11.4 Å². The van der Waals surface area contributed by atoms with E-state index in [0.717, 1.165) is 65.9 Å². The van der Waals surface area contributed by atoms with E-state index in [4.69, 9.17) is 15.5 Å². The standard InChI is InChI=1S/C32H41N9O2/c1-22-8-9-27-26(19-35-37-27)30(22)41-13-10-24-28(20-41)36-32(43-21-23-6-5-12-38(23)2)25(18-34)31(24)40-16-14-39(15-17-40)29(42)7-3-4-11-33/h3,7-9,19,23H,4-6,10-17,20-21,33H2,1-2H3,(H,35,37)/b7-3+/t23-/m0/s1. The fraction of sp³-hybridized carbons (Fsp3) is 0.500. The number of fused-ring (bicyclic) bond motifs is 2. The molecule has 3 aromatic rings. The number of ether oxygens (including phenoxy) is 1. The Morgan fingerprint density at radius 1 is 1.19 bits per heavy atom. The first-order chi connectivity index (χ1) is 21.0. The first-order valence-electron chi connectivity index (χ1n) is 15.4. The fourth-order valence-electron chi connectivity index (χ4n) is 6.71. The molecule has 0 aliphatic carbocycles. The highest BCUT2D eigenvalue weighted by Gasteiger charge is 2.32. The van der Waals surface area contributed by atoms with Gasteiger partial charge in [-0.25, -0.2) is 4.98 Å². The lowest BCUT2D eigenvalue weighted by molar-refractivity contribution is -0.126. The highest BCUT2D eigenvalue weighted by Crippen LogP contribution is 2.39. The van der Waals surface area contributed by atoms with Gasteiger partial charge < -0.3 is 30.1 Å². The molecule has 3 N–H and O–H groups in total. The van der Waals surface area contributed by atoms with Crippen LogP contribution >= 0.6 is 0 Å². The molecule has 43 heavy (non-hydrogen) atoms. The van der Waals surface area contributed by atoms with E-state index in [-0.39, 0.29) is 5.91 Å². The van der Waals surface area contributed by atoms with Crippen molar-refractivity contribution in [1.82, 2.24) is 25.0 Å². The summed E-state index contributed by atoms with van der Waals surface area (Å²) in [5, 5.41) is 19.0. The second kappa shape index (κ2) is 12.6. The average molecular weight is 584 g/mol. The molecule has 3 aliphatic heterocycles. The van der Waals surface area contributed by atoms with Crippen molar-refractivity contribution in [2.75, 3.05) is 69.3 Å². The number of hydrogen-bond donors (Lipinski definition) is 2. The molecule has 226 valence electrons. The molecule has 3 aliphatic rings. The van der Waals surface area contributed by atoms with Gasteiger partial charge in [-0.2, -0.15) is 10.4 Å². The number of aromatic nitrogens is 3. The minimum Gasteiger partial charge on any atom is -0.475 e. The number of aromatic amines is 1. The Balaban J connectivity index is 1.32. The summed E-state index contributed by atoms with van der Waals surface area (Å²) in [4.78, 5) is 26.6. The summed E-state index contributed by atoms with van der Waals surface area (Å²) in [6, 6.07) is 6.97. The van der Waals surface area contributed by atoms with E-state index in [2.05, 4.69) is 57.1 Å². The number of likely N-dealkylation sites (N-methyl/N-ethyl adjacent to an activating group) is 1. The molecule has 1 atom stereocenters. The number of rotatable bonds is 8. The van der Waals surface area contributed by atoms with Crippen molar-refractivity contribution < 1.29 is 9.53 Å². The number of nitrogens with zero attached hydrogens (tertiary/aromatic N) is 7. The van der Waals surface area contributed by atoms with Gasteiger partial charge in [0, 0.05) is 49.7 Å². The van der Waals surface area contributed by atoms with Crippen LogP contribution in [0.2, 0.25) is 0 Å². The lowest BCUT2D eigenvalue weighted by Crippen LogP contribution is -2.49. The van der Waals surface area contributed by atoms with Crippen LogP contribution in [-0.2, 0) is 17.8 Å². The number of anilines is 2. The summed E-state index contributed by atoms with van der Waals surface area (Å²) in [5.74, 6) is 0.425. The molecule has 0 saturated carbocycles. The Morgan fingerprint density at radius 3 is 2.77 bits per heavy atom. The minimum absolute atomic E-state index is 0.00880. The van der Waals surface area contributed by atoms with Crippen LogP contribution in [0.15, 0.2) is 30.5 Å². The fourth-order valence-corrected chi connectivity index (χ4v) is 6.71. The predicted octanol–water partition coefficient (Wildman–Crippen LogP) is 2.73. The SMILES string of the molecule is Cc1ccc2[nH]ncc2c1N1CCc2c(nc(OC[C@@H]3CCCN3C)c(C#N)c2N2CCN(C(=O)/C=C/CCN)CC2)C1. The van der Waals surface area contributed by atoms with Crippen molar-refractivity contribution in [1.29, 1.82) is 5.26 Å². The Labute approximate surface area is 252 Å². The summed E-state index contributed by atoms with van der Waals surface area (Å²) < 4.78 is 6.40. The highest BCUT2D eigenvalue weighted by atomic mass is 16.5. The molecule has 0 spiro atoms. The van der Waals surface area contributed by atoms with Gasteiger partial charge in [0.15, 0.2) is 0 Å². The van der Waals surface area contributed by atoms with Crippen LogP contribution in [0.5, 0.6) is 5.88 Å². The molecule has 0 radical (unpaired) electrons. The van der Waals surface area contributed by atoms with Crippen molar-refractivity contribution in [3.8, 4) is 11.9 Å². The highest BCUT2D eigenvalue weighted by molar-refractivity contribution is 5.93. The van der Waals surface area contributed by atoms with Gasteiger partial charge in [-0.3, -0.25) is 9.89 Å².